The third-order valence-corrected chi connectivity index (χ3v) is 11.7. The van der Waals surface area contributed by atoms with Crippen LogP contribution in [0.2, 0.25) is 0 Å². The fourth-order valence-corrected chi connectivity index (χ4v) is 7.53. The first-order valence-corrected chi connectivity index (χ1v) is 26.2. The fourth-order valence-electron chi connectivity index (χ4n) is 6.79. The first-order valence-electron chi connectivity index (χ1n) is 24.7. The molecule has 0 saturated carbocycles. The van der Waals surface area contributed by atoms with Gasteiger partial charge in [0.1, 0.15) is 19.8 Å². The number of allylic oxidation sites excluding steroid dienone is 6. The molecular formula is C50H95NO8P+. The molecule has 0 amide bonds. The van der Waals surface area contributed by atoms with Crippen molar-refractivity contribution in [2.24, 2.45) is 0 Å². The number of esters is 2. The van der Waals surface area contributed by atoms with E-state index in [0.717, 1.165) is 57.8 Å². The molecule has 0 aliphatic carbocycles. The first kappa shape index (κ1) is 58.2. The molecule has 0 spiro atoms. The Kier molecular flexibility index (Phi) is 41.3. The molecular weight excluding hydrogens is 774 g/mol. The van der Waals surface area contributed by atoms with Crippen LogP contribution in [0.1, 0.15) is 219 Å². The summed E-state index contributed by atoms with van der Waals surface area (Å²) >= 11 is 0. The molecule has 0 bridgehead atoms. The molecule has 1 unspecified atom stereocenters. The second-order valence-corrected chi connectivity index (χ2v) is 19.3. The summed E-state index contributed by atoms with van der Waals surface area (Å²) in [4.78, 5) is 35.5. The Labute approximate surface area is 370 Å². The van der Waals surface area contributed by atoms with Gasteiger partial charge in [-0.3, -0.25) is 18.6 Å². The lowest BCUT2D eigenvalue weighted by Crippen LogP contribution is -2.37. The topological polar surface area (TPSA) is 108 Å². The van der Waals surface area contributed by atoms with Crippen molar-refractivity contribution in [3.8, 4) is 0 Å². The molecule has 0 fully saturated rings. The largest absolute Gasteiger partial charge is 0.472 e. The van der Waals surface area contributed by atoms with Crippen LogP contribution in [0.4, 0.5) is 0 Å². The average Bonchev–Trinajstić information content (AvgIpc) is 3.20. The number of likely N-dealkylation sites (N-methyl/N-ethyl adjacent to an activating group) is 1. The van der Waals surface area contributed by atoms with Crippen LogP contribution in [0.25, 0.3) is 0 Å². The molecule has 10 heteroatoms. The van der Waals surface area contributed by atoms with E-state index in [4.69, 9.17) is 18.5 Å². The number of carbonyl (C=O) groups excluding carboxylic acids is 2. The van der Waals surface area contributed by atoms with Gasteiger partial charge < -0.3 is 18.9 Å². The first-order chi connectivity index (χ1) is 29.0. The minimum Gasteiger partial charge on any atom is -0.462 e. The molecule has 60 heavy (non-hydrogen) atoms. The lowest BCUT2D eigenvalue weighted by molar-refractivity contribution is -0.870. The van der Waals surface area contributed by atoms with Gasteiger partial charge in [-0.15, -0.1) is 0 Å². The van der Waals surface area contributed by atoms with Gasteiger partial charge in [0.25, 0.3) is 0 Å². The van der Waals surface area contributed by atoms with Gasteiger partial charge in [-0.25, -0.2) is 4.57 Å². The Hall–Kier alpha value is -1.77. The van der Waals surface area contributed by atoms with E-state index >= 15 is 0 Å². The Morgan fingerprint density at radius 2 is 0.900 bits per heavy atom. The number of hydrogen-bond donors (Lipinski definition) is 1. The zero-order valence-corrected chi connectivity index (χ0v) is 40.6. The molecule has 2 atom stereocenters. The standard InChI is InChI=1S/C50H94NO8P/c1-6-8-10-12-14-16-18-20-22-24-25-27-28-30-32-34-36-38-40-42-49(52)56-46-48(47-58-60(54,55)57-45-44-51(3,4)5)59-50(53)43-41-39-37-35-33-31-29-26-23-21-19-17-15-13-11-9-7-2/h15,17,21,23,29,31,48H,6-14,16,18-20,22,24-28,30,32-47H2,1-5H3/p+1/b17-15+,23-21+,31-29+/t48-/m1/s1. The number of phosphoric ester groups is 1. The van der Waals surface area contributed by atoms with Crippen molar-refractivity contribution in [2.45, 2.75) is 225 Å². The van der Waals surface area contributed by atoms with E-state index in [1.807, 2.05) is 21.1 Å². The summed E-state index contributed by atoms with van der Waals surface area (Å²) in [6.45, 7) is 4.40. The summed E-state index contributed by atoms with van der Waals surface area (Å²) in [5.74, 6) is -0.815. The maximum Gasteiger partial charge on any atom is 0.472 e. The normalized spacial score (nSPS) is 13.8. The number of rotatable bonds is 45. The highest BCUT2D eigenvalue weighted by atomic mass is 31.2. The number of quaternary nitrogens is 1. The predicted molar refractivity (Wildman–Crippen MR) is 252 cm³/mol. The zero-order chi connectivity index (χ0) is 44.3. The lowest BCUT2D eigenvalue weighted by atomic mass is 10.0. The van der Waals surface area contributed by atoms with E-state index in [2.05, 4.69) is 50.3 Å². The third-order valence-electron chi connectivity index (χ3n) is 10.7. The van der Waals surface area contributed by atoms with E-state index < -0.39 is 26.5 Å². The highest BCUT2D eigenvalue weighted by Crippen LogP contribution is 2.43. The van der Waals surface area contributed by atoms with E-state index in [1.165, 1.54) is 128 Å². The molecule has 0 aromatic heterocycles. The minimum atomic E-state index is -4.38. The number of phosphoric acid groups is 1. The van der Waals surface area contributed by atoms with Crippen molar-refractivity contribution >= 4 is 19.8 Å². The summed E-state index contributed by atoms with van der Waals surface area (Å²) in [6.07, 6.45) is 49.0. The second-order valence-electron chi connectivity index (χ2n) is 17.9. The van der Waals surface area contributed by atoms with Crippen molar-refractivity contribution in [1.82, 2.24) is 0 Å². The summed E-state index contributed by atoms with van der Waals surface area (Å²) in [5, 5.41) is 0. The summed E-state index contributed by atoms with van der Waals surface area (Å²) < 4.78 is 34.4. The van der Waals surface area contributed by atoms with E-state index in [1.54, 1.807) is 0 Å². The Bertz CT molecular complexity index is 1120. The lowest BCUT2D eigenvalue weighted by Gasteiger charge is -2.24. The van der Waals surface area contributed by atoms with Crippen LogP contribution in [-0.4, -0.2) is 74.9 Å². The van der Waals surface area contributed by atoms with Gasteiger partial charge in [0.05, 0.1) is 27.7 Å². The quantitative estimate of drug-likeness (QED) is 0.0212. The van der Waals surface area contributed by atoms with Gasteiger partial charge in [-0.1, -0.05) is 192 Å². The molecule has 0 heterocycles. The van der Waals surface area contributed by atoms with Gasteiger partial charge in [-0.05, 0) is 51.4 Å². The minimum absolute atomic E-state index is 0.0279. The van der Waals surface area contributed by atoms with Crippen molar-refractivity contribution in [3.63, 3.8) is 0 Å². The molecule has 0 aliphatic rings. The van der Waals surface area contributed by atoms with E-state index in [-0.39, 0.29) is 32.0 Å². The maximum atomic E-state index is 12.7. The SMILES string of the molecule is CCCCC/C=C/C/C=C/C/C=C/CCCCCCC(=O)O[C@H](COC(=O)CCCCCCCCCCCCCCCCCCCCC)COP(=O)(O)OCC[N+](C)(C)C. The van der Waals surface area contributed by atoms with Crippen LogP contribution >= 0.6 is 7.82 Å². The van der Waals surface area contributed by atoms with Gasteiger partial charge >= 0.3 is 19.8 Å². The van der Waals surface area contributed by atoms with Crippen LogP contribution in [0.5, 0.6) is 0 Å². The fraction of sp³-hybridized carbons (Fsp3) is 0.840. The average molecular weight is 869 g/mol. The van der Waals surface area contributed by atoms with Gasteiger partial charge in [0, 0.05) is 12.8 Å². The highest BCUT2D eigenvalue weighted by molar-refractivity contribution is 7.47. The second kappa shape index (κ2) is 42.5. The van der Waals surface area contributed by atoms with E-state index in [9.17, 15) is 19.0 Å². The van der Waals surface area contributed by atoms with Gasteiger partial charge in [0.15, 0.2) is 6.10 Å². The Morgan fingerprint density at radius 3 is 1.37 bits per heavy atom. The number of hydrogen-bond acceptors (Lipinski definition) is 7. The molecule has 0 aliphatic heterocycles. The summed E-state index contributed by atoms with van der Waals surface area (Å²) in [7, 11) is 1.47. The van der Waals surface area contributed by atoms with E-state index in [0.29, 0.717) is 17.4 Å². The molecule has 0 rings (SSSR count). The third kappa shape index (κ3) is 45.7. The van der Waals surface area contributed by atoms with Crippen LogP contribution < -0.4 is 0 Å². The molecule has 1 N–H and O–H groups in total. The van der Waals surface area contributed by atoms with Crippen LogP contribution in [0.15, 0.2) is 36.5 Å². The highest BCUT2D eigenvalue weighted by Gasteiger charge is 2.27. The Balaban J connectivity index is 4.30. The molecule has 9 nitrogen and oxygen atoms in total. The van der Waals surface area contributed by atoms with Crippen molar-refractivity contribution in [1.29, 1.82) is 0 Å². The Morgan fingerprint density at radius 1 is 0.517 bits per heavy atom. The van der Waals surface area contributed by atoms with Crippen LogP contribution in [0.3, 0.4) is 0 Å². The molecule has 352 valence electrons. The number of unbranched alkanes of at least 4 members (excludes halogenated alkanes) is 25. The summed E-state index contributed by atoms with van der Waals surface area (Å²) in [6, 6.07) is 0. The predicted octanol–water partition coefficient (Wildman–Crippen LogP) is 14.5. The van der Waals surface area contributed by atoms with Crippen molar-refractivity contribution in [2.75, 3.05) is 47.5 Å². The maximum absolute atomic E-state index is 12.7. The number of nitrogens with zero attached hydrogens (tertiary/aromatic N) is 1. The zero-order valence-electron chi connectivity index (χ0n) is 39.7. The van der Waals surface area contributed by atoms with Crippen molar-refractivity contribution < 1.29 is 42.1 Å². The number of ether oxygens (including phenoxy) is 2. The number of carbonyl (C=O) groups is 2. The monoisotopic (exact) mass is 869 g/mol. The van der Waals surface area contributed by atoms with Crippen LogP contribution in [0, 0.1) is 0 Å². The molecule has 0 saturated heterocycles. The van der Waals surface area contributed by atoms with Gasteiger partial charge in [0.2, 0.25) is 0 Å². The van der Waals surface area contributed by atoms with Crippen molar-refractivity contribution in [3.05, 3.63) is 36.5 Å². The molecule has 0 aromatic carbocycles. The van der Waals surface area contributed by atoms with Crippen LogP contribution in [-0.2, 0) is 32.7 Å². The van der Waals surface area contributed by atoms with Gasteiger partial charge in [-0.2, -0.15) is 0 Å². The smallest absolute Gasteiger partial charge is 0.462 e. The summed E-state index contributed by atoms with van der Waals surface area (Å²) in [5.41, 5.74) is 0. The molecule has 0 radical (unpaired) electrons. The molecule has 0 aromatic rings.